The lowest BCUT2D eigenvalue weighted by molar-refractivity contribution is 0.160. The molecule has 4 heteroatoms. The van der Waals surface area contributed by atoms with Gasteiger partial charge < -0.3 is 10.7 Å². The van der Waals surface area contributed by atoms with Gasteiger partial charge in [0.05, 0.1) is 6.07 Å². The van der Waals surface area contributed by atoms with Crippen LogP contribution in [0.5, 0.6) is 0 Å². The molecule has 1 fully saturated rings. The zero-order chi connectivity index (χ0) is 12.3. The fourth-order valence-corrected chi connectivity index (χ4v) is 2.53. The highest BCUT2D eigenvalue weighted by molar-refractivity contribution is 5.08. The molecule has 0 aliphatic heterocycles. The van der Waals surface area contributed by atoms with Crippen LogP contribution >= 0.6 is 0 Å². The highest BCUT2D eigenvalue weighted by atomic mass is 15.1. The van der Waals surface area contributed by atoms with Crippen molar-refractivity contribution in [2.45, 2.75) is 43.8 Å². The lowest BCUT2D eigenvalue weighted by atomic mass is 9.81. The number of H-pyrrole nitrogens is 1. The molecule has 1 aromatic rings. The van der Waals surface area contributed by atoms with Crippen LogP contribution in [0.3, 0.4) is 0 Å². The van der Waals surface area contributed by atoms with Crippen molar-refractivity contribution in [2.24, 2.45) is 5.73 Å². The summed E-state index contributed by atoms with van der Waals surface area (Å²) < 4.78 is 0. The van der Waals surface area contributed by atoms with E-state index in [1.165, 1.54) is 5.69 Å². The van der Waals surface area contributed by atoms with Crippen LogP contribution in [0, 0.1) is 11.3 Å². The average molecular weight is 232 g/mol. The van der Waals surface area contributed by atoms with E-state index in [2.05, 4.69) is 29.1 Å². The second-order valence-electron chi connectivity index (χ2n) is 5.11. The molecule has 1 saturated carbocycles. The number of nitrogens with zero attached hydrogens (tertiary/aromatic N) is 2. The SMILES string of the molecule is CN(Cc1ccc[nH]1)C1CCC(N)(C#N)CC1. The van der Waals surface area contributed by atoms with Crippen molar-refractivity contribution in [3.8, 4) is 6.07 Å². The zero-order valence-corrected chi connectivity index (χ0v) is 10.3. The Bertz CT molecular complexity index is 382. The number of rotatable bonds is 3. The monoisotopic (exact) mass is 232 g/mol. The van der Waals surface area contributed by atoms with Gasteiger partial charge in [0.2, 0.25) is 0 Å². The predicted octanol–water partition coefficient (Wildman–Crippen LogP) is 1.61. The topological polar surface area (TPSA) is 68.8 Å². The molecule has 0 atom stereocenters. The Hall–Kier alpha value is -1.31. The van der Waals surface area contributed by atoms with Crippen molar-refractivity contribution in [1.29, 1.82) is 5.26 Å². The van der Waals surface area contributed by atoms with Gasteiger partial charge in [-0.25, -0.2) is 0 Å². The Morgan fingerprint density at radius 2 is 2.29 bits per heavy atom. The Morgan fingerprint density at radius 1 is 1.59 bits per heavy atom. The maximum atomic E-state index is 8.99. The molecule has 0 aromatic carbocycles. The molecule has 1 heterocycles. The van der Waals surface area contributed by atoms with E-state index in [0.29, 0.717) is 6.04 Å². The van der Waals surface area contributed by atoms with Gasteiger partial charge in [-0.3, -0.25) is 4.90 Å². The minimum absolute atomic E-state index is 0.545. The number of nitrogens with two attached hydrogens (primary N) is 1. The summed E-state index contributed by atoms with van der Waals surface area (Å²) in [5.41, 5.74) is 6.63. The van der Waals surface area contributed by atoms with E-state index in [4.69, 9.17) is 11.0 Å². The molecular weight excluding hydrogens is 212 g/mol. The number of hydrogen-bond donors (Lipinski definition) is 2. The van der Waals surface area contributed by atoms with Crippen LogP contribution in [0.25, 0.3) is 0 Å². The van der Waals surface area contributed by atoms with Gasteiger partial charge in [0.25, 0.3) is 0 Å². The second kappa shape index (κ2) is 4.91. The highest BCUT2D eigenvalue weighted by Crippen LogP contribution is 2.28. The molecule has 0 amide bonds. The van der Waals surface area contributed by atoms with E-state index in [-0.39, 0.29) is 0 Å². The molecule has 0 unspecified atom stereocenters. The second-order valence-corrected chi connectivity index (χ2v) is 5.11. The number of aromatic nitrogens is 1. The molecule has 2 rings (SSSR count). The standard InChI is InChI=1S/C13H20N4/c1-17(9-11-3-2-8-16-11)12-4-6-13(15,10-14)7-5-12/h2-3,8,12,16H,4-7,9,15H2,1H3. The number of hydrogen-bond acceptors (Lipinski definition) is 3. The van der Waals surface area contributed by atoms with E-state index in [1.54, 1.807) is 0 Å². The molecule has 92 valence electrons. The van der Waals surface area contributed by atoms with Crippen molar-refractivity contribution in [2.75, 3.05) is 7.05 Å². The van der Waals surface area contributed by atoms with Crippen LogP contribution in [0.15, 0.2) is 18.3 Å². The summed E-state index contributed by atoms with van der Waals surface area (Å²) in [6.45, 7) is 0.932. The molecule has 1 aromatic heterocycles. The van der Waals surface area contributed by atoms with Gasteiger partial charge in [0.1, 0.15) is 5.54 Å². The van der Waals surface area contributed by atoms with Crippen LogP contribution in [-0.2, 0) is 6.54 Å². The van der Waals surface area contributed by atoms with Crippen molar-refractivity contribution in [3.63, 3.8) is 0 Å². The van der Waals surface area contributed by atoms with Gasteiger partial charge in [-0.15, -0.1) is 0 Å². The van der Waals surface area contributed by atoms with Crippen molar-refractivity contribution in [3.05, 3.63) is 24.0 Å². The summed E-state index contributed by atoms with van der Waals surface area (Å²) >= 11 is 0. The largest absolute Gasteiger partial charge is 0.364 e. The Morgan fingerprint density at radius 3 is 2.82 bits per heavy atom. The van der Waals surface area contributed by atoms with E-state index in [9.17, 15) is 0 Å². The molecule has 0 spiro atoms. The summed E-state index contributed by atoms with van der Waals surface area (Å²) in [7, 11) is 2.14. The third-order valence-corrected chi connectivity index (χ3v) is 3.78. The van der Waals surface area contributed by atoms with Crippen LogP contribution < -0.4 is 5.73 Å². The van der Waals surface area contributed by atoms with Crippen LogP contribution in [0.2, 0.25) is 0 Å². The fourth-order valence-electron chi connectivity index (χ4n) is 2.53. The minimum Gasteiger partial charge on any atom is -0.364 e. The quantitative estimate of drug-likeness (QED) is 0.832. The van der Waals surface area contributed by atoms with Gasteiger partial charge in [-0.1, -0.05) is 0 Å². The van der Waals surface area contributed by atoms with Gasteiger partial charge in [-0.05, 0) is 44.9 Å². The molecule has 4 nitrogen and oxygen atoms in total. The summed E-state index contributed by atoms with van der Waals surface area (Å²) in [6, 6.07) is 6.90. The number of nitrogens with one attached hydrogen (secondary N) is 1. The zero-order valence-electron chi connectivity index (χ0n) is 10.3. The van der Waals surface area contributed by atoms with Crippen molar-refractivity contribution >= 4 is 0 Å². The molecular formula is C13H20N4. The summed E-state index contributed by atoms with van der Waals surface area (Å²) in [6.07, 6.45) is 5.60. The molecule has 0 bridgehead atoms. The van der Waals surface area contributed by atoms with Crippen molar-refractivity contribution in [1.82, 2.24) is 9.88 Å². The van der Waals surface area contributed by atoms with Crippen LogP contribution in [0.4, 0.5) is 0 Å². The molecule has 1 aliphatic rings. The van der Waals surface area contributed by atoms with E-state index in [0.717, 1.165) is 32.2 Å². The average Bonchev–Trinajstić information content (AvgIpc) is 2.83. The molecule has 3 N–H and O–H groups in total. The Balaban J connectivity index is 1.87. The maximum absolute atomic E-state index is 8.99. The van der Waals surface area contributed by atoms with Gasteiger partial charge in [0, 0.05) is 24.5 Å². The van der Waals surface area contributed by atoms with Crippen LogP contribution in [-0.4, -0.2) is 28.5 Å². The Labute approximate surface area is 102 Å². The van der Waals surface area contributed by atoms with Crippen molar-refractivity contribution < 1.29 is 0 Å². The smallest absolute Gasteiger partial charge is 0.104 e. The molecule has 1 aliphatic carbocycles. The minimum atomic E-state index is -0.580. The first-order chi connectivity index (χ1) is 8.13. The lowest BCUT2D eigenvalue weighted by Crippen LogP contribution is -2.46. The van der Waals surface area contributed by atoms with E-state index in [1.807, 2.05) is 12.3 Å². The van der Waals surface area contributed by atoms with E-state index >= 15 is 0 Å². The normalized spacial score (nSPS) is 29.2. The van der Waals surface area contributed by atoms with Gasteiger partial charge in [-0.2, -0.15) is 5.26 Å². The third-order valence-electron chi connectivity index (χ3n) is 3.78. The fraction of sp³-hybridized carbons (Fsp3) is 0.615. The first-order valence-corrected chi connectivity index (χ1v) is 6.16. The number of aromatic amines is 1. The third kappa shape index (κ3) is 2.87. The Kier molecular flexibility index (Phi) is 3.51. The number of nitriles is 1. The van der Waals surface area contributed by atoms with E-state index < -0.39 is 5.54 Å². The highest BCUT2D eigenvalue weighted by Gasteiger charge is 2.32. The molecule has 17 heavy (non-hydrogen) atoms. The maximum Gasteiger partial charge on any atom is 0.104 e. The molecule has 0 saturated heterocycles. The molecule has 0 radical (unpaired) electrons. The first-order valence-electron chi connectivity index (χ1n) is 6.16. The lowest BCUT2D eigenvalue weighted by Gasteiger charge is -2.36. The first kappa shape index (κ1) is 12.2. The summed E-state index contributed by atoms with van der Waals surface area (Å²) in [5, 5.41) is 8.99. The predicted molar refractivity (Wildman–Crippen MR) is 67.0 cm³/mol. The van der Waals surface area contributed by atoms with Gasteiger partial charge in [0.15, 0.2) is 0 Å². The van der Waals surface area contributed by atoms with Gasteiger partial charge >= 0.3 is 0 Å². The summed E-state index contributed by atoms with van der Waals surface area (Å²) in [4.78, 5) is 5.57. The summed E-state index contributed by atoms with van der Waals surface area (Å²) in [5.74, 6) is 0. The van der Waals surface area contributed by atoms with Crippen LogP contribution in [0.1, 0.15) is 31.4 Å².